The van der Waals surface area contributed by atoms with Gasteiger partial charge in [-0.05, 0) is 43.7 Å². The smallest absolute Gasteiger partial charge is 0.129 e. The second kappa shape index (κ2) is 5.49. The minimum absolute atomic E-state index is 0.155. The number of nitrogens with two attached hydrogens (primary N) is 1. The molecule has 3 heteroatoms. The average Bonchev–Trinajstić information content (AvgIpc) is 2.46. The van der Waals surface area contributed by atoms with E-state index in [1.807, 2.05) is 12.1 Å². The quantitative estimate of drug-likeness (QED) is 0.884. The summed E-state index contributed by atoms with van der Waals surface area (Å²) in [5, 5.41) is 0. The third-order valence-electron chi connectivity index (χ3n) is 4.85. The lowest BCUT2D eigenvalue weighted by Gasteiger charge is -2.46. The third kappa shape index (κ3) is 2.36. The lowest BCUT2D eigenvalue weighted by atomic mass is 9.78. The van der Waals surface area contributed by atoms with Crippen LogP contribution in [0.1, 0.15) is 44.1 Å². The second-order valence-corrected chi connectivity index (χ2v) is 5.89. The first-order valence-corrected chi connectivity index (χ1v) is 7.55. The van der Waals surface area contributed by atoms with Crippen molar-refractivity contribution in [2.24, 2.45) is 11.7 Å². The van der Waals surface area contributed by atoms with Crippen LogP contribution >= 0.6 is 0 Å². The molecule has 0 aromatic heterocycles. The summed E-state index contributed by atoms with van der Waals surface area (Å²) >= 11 is 0. The van der Waals surface area contributed by atoms with Gasteiger partial charge in [-0.25, -0.2) is 4.39 Å². The topological polar surface area (TPSA) is 29.3 Å². The third-order valence-corrected chi connectivity index (χ3v) is 4.85. The van der Waals surface area contributed by atoms with Gasteiger partial charge in [0.15, 0.2) is 0 Å². The Hall–Kier alpha value is -1.09. The van der Waals surface area contributed by atoms with Crippen molar-refractivity contribution >= 4 is 5.69 Å². The molecule has 1 aliphatic heterocycles. The number of hydrogen-bond acceptors (Lipinski definition) is 2. The predicted molar refractivity (Wildman–Crippen MR) is 76.6 cm³/mol. The van der Waals surface area contributed by atoms with Crippen molar-refractivity contribution in [2.75, 3.05) is 11.4 Å². The van der Waals surface area contributed by atoms with Gasteiger partial charge in [-0.15, -0.1) is 0 Å². The molecule has 2 fully saturated rings. The summed E-state index contributed by atoms with van der Waals surface area (Å²) in [5.41, 5.74) is 7.49. The van der Waals surface area contributed by atoms with E-state index in [9.17, 15) is 4.39 Å². The summed E-state index contributed by atoms with van der Waals surface area (Å²) in [4.78, 5) is 2.44. The molecule has 1 aromatic rings. The first kappa shape index (κ1) is 12.9. The number of anilines is 1. The van der Waals surface area contributed by atoms with E-state index < -0.39 is 0 Å². The van der Waals surface area contributed by atoms with Crippen LogP contribution in [0.15, 0.2) is 18.2 Å². The van der Waals surface area contributed by atoms with E-state index in [0.717, 1.165) is 18.2 Å². The van der Waals surface area contributed by atoms with Crippen molar-refractivity contribution in [3.05, 3.63) is 29.6 Å². The lowest BCUT2D eigenvalue weighted by molar-refractivity contribution is 0.243. The predicted octanol–water partition coefficient (Wildman–Crippen LogP) is 3.44. The van der Waals surface area contributed by atoms with Gasteiger partial charge in [-0.2, -0.15) is 0 Å². The minimum Gasteiger partial charge on any atom is -0.368 e. The van der Waals surface area contributed by atoms with Crippen LogP contribution in [-0.4, -0.2) is 12.6 Å². The molecule has 0 radical (unpaired) electrons. The molecule has 2 atom stereocenters. The fourth-order valence-corrected chi connectivity index (χ4v) is 3.94. The highest BCUT2D eigenvalue weighted by atomic mass is 19.1. The summed E-state index contributed by atoms with van der Waals surface area (Å²) in [5.74, 6) is 0.648. The zero-order valence-electron chi connectivity index (χ0n) is 11.4. The molecule has 1 aliphatic carbocycles. The highest BCUT2D eigenvalue weighted by molar-refractivity contribution is 5.55. The van der Waals surface area contributed by atoms with Gasteiger partial charge in [0.25, 0.3) is 0 Å². The summed E-state index contributed by atoms with van der Waals surface area (Å²) in [6, 6.07) is 5.99. The highest BCUT2D eigenvalue weighted by Gasteiger charge is 2.34. The number of rotatable bonds is 2. The Kier molecular flexibility index (Phi) is 3.74. The molecule has 3 rings (SSSR count). The van der Waals surface area contributed by atoms with Crippen LogP contribution in [0.3, 0.4) is 0 Å². The number of benzene rings is 1. The average molecular weight is 262 g/mol. The molecule has 2 N–H and O–H groups in total. The maximum Gasteiger partial charge on any atom is 0.129 e. The number of fused-ring (bicyclic) bond motifs is 1. The van der Waals surface area contributed by atoms with E-state index in [4.69, 9.17) is 5.73 Å². The SMILES string of the molecule is NCc1c(F)cccc1N1CCCC2CCCCC21. The van der Waals surface area contributed by atoms with Gasteiger partial charge in [-0.3, -0.25) is 0 Å². The molecule has 2 nitrogen and oxygen atoms in total. The van der Waals surface area contributed by atoms with Crippen LogP contribution < -0.4 is 10.6 Å². The van der Waals surface area contributed by atoms with Crippen molar-refractivity contribution in [2.45, 2.75) is 51.1 Å². The number of nitrogens with zero attached hydrogens (tertiary/aromatic N) is 1. The number of piperidine rings is 1. The van der Waals surface area contributed by atoms with Crippen molar-refractivity contribution in [3.8, 4) is 0 Å². The van der Waals surface area contributed by atoms with Crippen LogP contribution in [0.4, 0.5) is 10.1 Å². The highest BCUT2D eigenvalue weighted by Crippen LogP contribution is 2.39. The van der Waals surface area contributed by atoms with Crippen LogP contribution in [0.25, 0.3) is 0 Å². The lowest BCUT2D eigenvalue weighted by Crippen LogP contribution is -2.47. The largest absolute Gasteiger partial charge is 0.368 e. The Morgan fingerprint density at radius 2 is 1.95 bits per heavy atom. The molecule has 2 aliphatic rings. The standard InChI is InChI=1S/C16H23FN2/c17-14-7-3-9-16(13(14)11-18)19-10-4-6-12-5-1-2-8-15(12)19/h3,7,9,12,15H,1-2,4-6,8,10-11,18H2. The monoisotopic (exact) mass is 262 g/mol. The van der Waals surface area contributed by atoms with Crippen LogP contribution in [-0.2, 0) is 6.54 Å². The Morgan fingerprint density at radius 1 is 1.16 bits per heavy atom. The van der Waals surface area contributed by atoms with Gasteiger partial charge < -0.3 is 10.6 Å². The summed E-state index contributed by atoms with van der Waals surface area (Å²) in [7, 11) is 0. The van der Waals surface area contributed by atoms with Gasteiger partial charge in [0.2, 0.25) is 0 Å². The van der Waals surface area contributed by atoms with Crippen molar-refractivity contribution in [3.63, 3.8) is 0 Å². The van der Waals surface area contributed by atoms with E-state index in [2.05, 4.69) is 4.90 Å². The maximum absolute atomic E-state index is 13.9. The Labute approximate surface area is 114 Å². The fourth-order valence-electron chi connectivity index (χ4n) is 3.94. The van der Waals surface area contributed by atoms with Crippen LogP contribution in [0.5, 0.6) is 0 Å². The molecule has 1 saturated heterocycles. The zero-order chi connectivity index (χ0) is 13.2. The Bertz CT molecular complexity index is 444. The molecule has 1 aromatic carbocycles. The van der Waals surface area contributed by atoms with E-state index in [-0.39, 0.29) is 12.4 Å². The molecule has 0 amide bonds. The van der Waals surface area contributed by atoms with Gasteiger partial charge >= 0.3 is 0 Å². The van der Waals surface area contributed by atoms with E-state index in [1.54, 1.807) is 0 Å². The number of hydrogen-bond donors (Lipinski definition) is 1. The first-order chi connectivity index (χ1) is 9.31. The normalized spacial score (nSPS) is 27.2. The summed E-state index contributed by atoms with van der Waals surface area (Å²) in [6.45, 7) is 1.34. The fraction of sp³-hybridized carbons (Fsp3) is 0.625. The van der Waals surface area contributed by atoms with Crippen molar-refractivity contribution in [1.29, 1.82) is 0 Å². The number of halogens is 1. The first-order valence-electron chi connectivity index (χ1n) is 7.55. The van der Waals surface area contributed by atoms with Crippen molar-refractivity contribution < 1.29 is 4.39 Å². The summed E-state index contributed by atoms with van der Waals surface area (Å²) in [6.07, 6.45) is 7.84. The van der Waals surface area contributed by atoms with Crippen molar-refractivity contribution in [1.82, 2.24) is 0 Å². The van der Waals surface area contributed by atoms with Gasteiger partial charge in [-0.1, -0.05) is 18.9 Å². The molecule has 1 heterocycles. The van der Waals surface area contributed by atoms with Gasteiger partial charge in [0, 0.05) is 30.4 Å². The Morgan fingerprint density at radius 3 is 2.79 bits per heavy atom. The van der Waals surface area contributed by atoms with E-state index in [0.29, 0.717) is 11.6 Å². The molecule has 2 unspecified atom stereocenters. The molecule has 1 saturated carbocycles. The molecule has 0 bridgehead atoms. The zero-order valence-corrected chi connectivity index (χ0v) is 11.4. The molecule has 19 heavy (non-hydrogen) atoms. The Balaban J connectivity index is 1.94. The molecule has 104 valence electrons. The van der Waals surface area contributed by atoms with Gasteiger partial charge in [0.05, 0.1) is 0 Å². The van der Waals surface area contributed by atoms with Crippen LogP contribution in [0, 0.1) is 11.7 Å². The van der Waals surface area contributed by atoms with E-state index >= 15 is 0 Å². The second-order valence-electron chi connectivity index (χ2n) is 5.89. The van der Waals surface area contributed by atoms with Crippen LogP contribution in [0.2, 0.25) is 0 Å². The maximum atomic E-state index is 13.9. The molecular weight excluding hydrogens is 239 g/mol. The molecule has 0 spiro atoms. The summed E-state index contributed by atoms with van der Waals surface area (Å²) < 4.78 is 13.9. The van der Waals surface area contributed by atoms with E-state index in [1.165, 1.54) is 44.6 Å². The van der Waals surface area contributed by atoms with Gasteiger partial charge in [0.1, 0.15) is 5.82 Å². The molecular formula is C16H23FN2. The minimum atomic E-state index is -0.155.